The van der Waals surface area contributed by atoms with Gasteiger partial charge in [0, 0.05) is 18.8 Å². The standard InChI is InChI=1S/C13H22N2O2/c1-3-16-10-9-12(15-14)11-7-5-6-8-13(11)17-4-2/h5-8,12,15H,3-4,9-10,14H2,1-2H3. The van der Waals surface area contributed by atoms with Crippen molar-refractivity contribution in [3.8, 4) is 5.75 Å². The fraction of sp³-hybridized carbons (Fsp3) is 0.538. The van der Waals surface area contributed by atoms with Crippen LogP contribution in [0.1, 0.15) is 31.9 Å². The molecule has 4 nitrogen and oxygen atoms in total. The van der Waals surface area contributed by atoms with Crippen molar-refractivity contribution in [2.75, 3.05) is 19.8 Å². The highest BCUT2D eigenvalue weighted by Gasteiger charge is 2.14. The van der Waals surface area contributed by atoms with Crippen LogP contribution in [0.25, 0.3) is 0 Å². The summed E-state index contributed by atoms with van der Waals surface area (Å²) >= 11 is 0. The van der Waals surface area contributed by atoms with Gasteiger partial charge in [-0.25, -0.2) is 0 Å². The number of hydrogen-bond donors (Lipinski definition) is 2. The molecule has 17 heavy (non-hydrogen) atoms. The molecule has 4 heteroatoms. The van der Waals surface area contributed by atoms with Crippen LogP contribution >= 0.6 is 0 Å². The number of nitrogens with one attached hydrogen (secondary N) is 1. The average molecular weight is 238 g/mol. The molecule has 0 aliphatic heterocycles. The first-order chi connectivity index (χ1) is 8.33. The van der Waals surface area contributed by atoms with Crippen molar-refractivity contribution in [1.82, 2.24) is 5.43 Å². The highest BCUT2D eigenvalue weighted by molar-refractivity contribution is 5.35. The van der Waals surface area contributed by atoms with Crippen molar-refractivity contribution in [2.45, 2.75) is 26.3 Å². The van der Waals surface area contributed by atoms with Gasteiger partial charge in [0.2, 0.25) is 0 Å². The molecule has 0 aliphatic rings. The number of hydrazine groups is 1. The maximum atomic E-state index is 5.59. The van der Waals surface area contributed by atoms with Crippen molar-refractivity contribution >= 4 is 0 Å². The number of para-hydroxylation sites is 1. The van der Waals surface area contributed by atoms with Crippen LogP contribution in [-0.4, -0.2) is 19.8 Å². The number of hydrogen-bond acceptors (Lipinski definition) is 4. The van der Waals surface area contributed by atoms with Crippen molar-refractivity contribution in [3.63, 3.8) is 0 Å². The van der Waals surface area contributed by atoms with E-state index in [1.54, 1.807) is 0 Å². The maximum absolute atomic E-state index is 5.59. The smallest absolute Gasteiger partial charge is 0.124 e. The normalized spacial score (nSPS) is 12.4. The second-order valence-corrected chi connectivity index (χ2v) is 3.68. The Morgan fingerprint density at radius 2 is 2.00 bits per heavy atom. The molecule has 0 aromatic heterocycles. The van der Waals surface area contributed by atoms with Gasteiger partial charge in [0.05, 0.1) is 12.6 Å². The summed E-state index contributed by atoms with van der Waals surface area (Å²) in [6.45, 7) is 6.02. The van der Waals surface area contributed by atoms with E-state index in [2.05, 4.69) is 5.43 Å². The van der Waals surface area contributed by atoms with E-state index in [1.807, 2.05) is 38.1 Å². The van der Waals surface area contributed by atoms with E-state index in [0.29, 0.717) is 13.2 Å². The molecule has 0 heterocycles. The maximum Gasteiger partial charge on any atom is 0.124 e. The number of rotatable bonds is 8. The quantitative estimate of drug-likeness (QED) is 0.413. The zero-order valence-electron chi connectivity index (χ0n) is 10.6. The minimum absolute atomic E-state index is 0.0595. The van der Waals surface area contributed by atoms with Crippen LogP contribution in [0.5, 0.6) is 5.75 Å². The van der Waals surface area contributed by atoms with E-state index in [9.17, 15) is 0 Å². The van der Waals surface area contributed by atoms with Crippen molar-refractivity contribution in [3.05, 3.63) is 29.8 Å². The Kier molecular flexibility index (Phi) is 6.62. The lowest BCUT2D eigenvalue weighted by Crippen LogP contribution is -2.29. The second kappa shape index (κ2) is 8.06. The van der Waals surface area contributed by atoms with E-state index < -0.39 is 0 Å². The van der Waals surface area contributed by atoms with Gasteiger partial charge < -0.3 is 9.47 Å². The van der Waals surface area contributed by atoms with E-state index in [1.165, 1.54) is 0 Å². The predicted octanol–water partition coefficient (Wildman–Crippen LogP) is 2.02. The van der Waals surface area contributed by atoms with Gasteiger partial charge in [-0.05, 0) is 26.3 Å². The lowest BCUT2D eigenvalue weighted by molar-refractivity contribution is 0.136. The Morgan fingerprint density at radius 3 is 2.65 bits per heavy atom. The molecule has 0 bridgehead atoms. The molecule has 3 N–H and O–H groups in total. The first kappa shape index (κ1) is 14.0. The third-order valence-electron chi connectivity index (χ3n) is 2.55. The Balaban J connectivity index is 2.72. The van der Waals surface area contributed by atoms with Gasteiger partial charge in [-0.2, -0.15) is 0 Å². The van der Waals surface area contributed by atoms with E-state index >= 15 is 0 Å². The summed E-state index contributed by atoms with van der Waals surface area (Å²) in [5, 5.41) is 0. The van der Waals surface area contributed by atoms with Gasteiger partial charge in [-0.15, -0.1) is 0 Å². The fourth-order valence-electron chi connectivity index (χ4n) is 1.73. The first-order valence-electron chi connectivity index (χ1n) is 6.09. The number of nitrogens with two attached hydrogens (primary N) is 1. The second-order valence-electron chi connectivity index (χ2n) is 3.68. The molecule has 1 atom stereocenters. The molecule has 0 radical (unpaired) electrons. The molecule has 0 saturated heterocycles. The monoisotopic (exact) mass is 238 g/mol. The Labute approximate surface area is 103 Å². The lowest BCUT2D eigenvalue weighted by Gasteiger charge is -2.19. The Hall–Kier alpha value is -1.10. The van der Waals surface area contributed by atoms with Gasteiger partial charge in [0.1, 0.15) is 5.75 Å². The lowest BCUT2D eigenvalue weighted by atomic mass is 10.0. The predicted molar refractivity (Wildman–Crippen MR) is 68.8 cm³/mol. The van der Waals surface area contributed by atoms with Gasteiger partial charge >= 0.3 is 0 Å². The van der Waals surface area contributed by atoms with Crippen LogP contribution in [-0.2, 0) is 4.74 Å². The summed E-state index contributed by atoms with van der Waals surface area (Å²) in [4.78, 5) is 0. The van der Waals surface area contributed by atoms with Gasteiger partial charge in [-0.3, -0.25) is 11.3 Å². The van der Waals surface area contributed by atoms with E-state index in [0.717, 1.165) is 24.3 Å². The van der Waals surface area contributed by atoms with Crippen molar-refractivity contribution < 1.29 is 9.47 Å². The third kappa shape index (κ3) is 4.34. The van der Waals surface area contributed by atoms with Crippen LogP contribution in [0.4, 0.5) is 0 Å². The van der Waals surface area contributed by atoms with Crippen LogP contribution in [0, 0.1) is 0 Å². The Bertz CT molecular complexity index is 318. The van der Waals surface area contributed by atoms with Crippen LogP contribution in [0.15, 0.2) is 24.3 Å². The van der Waals surface area contributed by atoms with Gasteiger partial charge in [-0.1, -0.05) is 18.2 Å². The summed E-state index contributed by atoms with van der Waals surface area (Å²) in [5.74, 6) is 6.47. The molecular weight excluding hydrogens is 216 g/mol. The van der Waals surface area contributed by atoms with E-state index in [-0.39, 0.29) is 6.04 Å². The SMILES string of the molecule is CCOCCC(NN)c1ccccc1OCC. The third-order valence-corrected chi connectivity index (χ3v) is 2.55. The zero-order valence-corrected chi connectivity index (χ0v) is 10.6. The molecule has 96 valence electrons. The van der Waals surface area contributed by atoms with Crippen molar-refractivity contribution in [1.29, 1.82) is 0 Å². The minimum atomic E-state index is 0.0595. The molecule has 0 aliphatic carbocycles. The van der Waals surface area contributed by atoms with Gasteiger partial charge in [0.25, 0.3) is 0 Å². The average Bonchev–Trinajstić information content (AvgIpc) is 2.36. The molecule has 0 fully saturated rings. The molecule has 0 saturated carbocycles. The summed E-state index contributed by atoms with van der Waals surface area (Å²) in [7, 11) is 0. The molecule has 1 aromatic carbocycles. The molecule has 1 rings (SSSR count). The largest absolute Gasteiger partial charge is 0.494 e. The fourth-order valence-corrected chi connectivity index (χ4v) is 1.73. The van der Waals surface area contributed by atoms with Crippen LogP contribution < -0.4 is 16.0 Å². The van der Waals surface area contributed by atoms with Crippen LogP contribution in [0.3, 0.4) is 0 Å². The van der Waals surface area contributed by atoms with E-state index in [4.69, 9.17) is 15.3 Å². The first-order valence-corrected chi connectivity index (χ1v) is 6.09. The Morgan fingerprint density at radius 1 is 1.24 bits per heavy atom. The van der Waals surface area contributed by atoms with Gasteiger partial charge in [0.15, 0.2) is 0 Å². The number of benzene rings is 1. The number of ether oxygens (including phenoxy) is 2. The summed E-state index contributed by atoms with van der Waals surface area (Å²) in [6.07, 6.45) is 0.828. The summed E-state index contributed by atoms with van der Waals surface area (Å²) < 4.78 is 10.9. The topological polar surface area (TPSA) is 56.5 Å². The molecule has 1 unspecified atom stereocenters. The zero-order chi connectivity index (χ0) is 12.5. The summed E-state index contributed by atoms with van der Waals surface area (Å²) in [6, 6.07) is 8.00. The molecule has 0 amide bonds. The molecular formula is C13H22N2O2. The summed E-state index contributed by atoms with van der Waals surface area (Å²) in [5.41, 5.74) is 3.90. The van der Waals surface area contributed by atoms with Crippen LogP contribution in [0.2, 0.25) is 0 Å². The molecule has 0 spiro atoms. The van der Waals surface area contributed by atoms with Crippen molar-refractivity contribution in [2.24, 2.45) is 5.84 Å². The highest BCUT2D eigenvalue weighted by atomic mass is 16.5. The highest BCUT2D eigenvalue weighted by Crippen LogP contribution is 2.26. The minimum Gasteiger partial charge on any atom is -0.494 e. The molecule has 1 aromatic rings.